The zero-order chi connectivity index (χ0) is 19.0. The summed E-state index contributed by atoms with van der Waals surface area (Å²) >= 11 is 1.98. The minimum absolute atomic E-state index is 0.260. The molecule has 0 atom stereocenters. The zero-order valence-electron chi connectivity index (χ0n) is 14.4. The van der Waals surface area contributed by atoms with E-state index in [-0.39, 0.29) is 11.5 Å². The average molecular weight is 473 g/mol. The van der Waals surface area contributed by atoms with Crippen molar-refractivity contribution >= 4 is 51.1 Å². The number of halogens is 1. The molecule has 0 spiro atoms. The van der Waals surface area contributed by atoms with Crippen LogP contribution in [0, 0.1) is 10.8 Å². The number of nitrogens with zero attached hydrogens (tertiary/aromatic N) is 4. The highest BCUT2D eigenvalue weighted by atomic mass is 127. The van der Waals surface area contributed by atoms with E-state index in [9.17, 15) is 4.79 Å². The molecule has 0 saturated heterocycles. The van der Waals surface area contributed by atoms with Gasteiger partial charge in [-0.15, -0.1) is 0 Å². The third-order valence-electron chi connectivity index (χ3n) is 4.11. The molecule has 1 aromatic carbocycles. The van der Waals surface area contributed by atoms with E-state index in [4.69, 9.17) is 5.73 Å². The predicted octanol–water partition coefficient (Wildman–Crippen LogP) is 2.80. The van der Waals surface area contributed by atoms with Gasteiger partial charge in [0.2, 0.25) is 0 Å². The number of H-pyrrole nitrogens is 1. The van der Waals surface area contributed by atoms with Crippen LogP contribution >= 0.6 is 22.6 Å². The summed E-state index contributed by atoms with van der Waals surface area (Å²) in [6, 6.07) is 11.9. The number of nitrogen functional groups attached to an aromatic ring is 1. The second-order valence-corrected chi connectivity index (χ2v) is 7.10. The molecule has 0 bridgehead atoms. The number of fused-ring (bicyclic) bond motifs is 1. The Morgan fingerprint density at radius 1 is 1.19 bits per heavy atom. The molecule has 4 aromatic rings. The number of imidazole rings is 1. The Labute approximate surface area is 168 Å². The Kier molecular flexibility index (Phi) is 4.52. The first-order valence-corrected chi connectivity index (χ1v) is 9.27. The SMILES string of the molecule is Cc1ccc(Nc2ccc(Cn3c(=O)[nH]c4c(N)nc(I)nc43)cn2)cc1. The third kappa shape index (κ3) is 3.63. The average Bonchev–Trinajstić information content (AvgIpc) is 2.95. The number of benzene rings is 1. The van der Waals surface area contributed by atoms with Crippen molar-refractivity contribution in [2.75, 3.05) is 11.1 Å². The number of rotatable bonds is 4. The lowest BCUT2D eigenvalue weighted by atomic mass is 10.2. The normalized spacial score (nSPS) is 11.0. The van der Waals surface area contributed by atoms with Gasteiger partial charge in [0.1, 0.15) is 11.3 Å². The highest BCUT2D eigenvalue weighted by Gasteiger charge is 2.13. The van der Waals surface area contributed by atoms with Crippen molar-refractivity contribution in [1.82, 2.24) is 24.5 Å². The Balaban J connectivity index is 1.58. The molecule has 3 heterocycles. The van der Waals surface area contributed by atoms with Gasteiger partial charge in [-0.1, -0.05) is 23.8 Å². The second-order valence-electron chi connectivity index (χ2n) is 6.14. The fourth-order valence-corrected chi connectivity index (χ4v) is 3.22. The van der Waals surface area contributed by atoms with Gasteiger partial charge < -0.3 is 16.0 Å². The van der Waals surface area contributed by atoms with Crippen molar-refractivity contribution in [1.29, 1.82) is 0 Å². The Hall–Kier alpha value is -2.95. The van der Waals surface area contributed by atoms with Crippen LogP contribution < -0.4 is 16.7 Å². The van der Waals surface area contributed by atoms with Gasteiger partial charge in [-0.25, -0.2) is 19.7 Å². The lowest BCUT2D eigenvalue weighted by Gasteiger charge is -2.08. The highest BCUT2D eigenvalue weighted by molar-refractivity contribution is 14.1. The monoisotopic (exact) mass is 473 g/mol. The topological polar surface area (TPSA) is 115 Å². The number of aromatic amines is 1. The van der Waals surface area contributed by atoms with E-state index in [1.165, 1.54) is 10.1 Å². The predicted molar refractivity (Wildman–Crippen MR) is 113 cm³/mol. The van der Waals surface area contributed by atoms with E-state index in [1.54, 1.807) is 6.20 Å². The fourth-order valence-electron chi connectivity index (χ4n) is 2.73. The number of nitrogens with two attached hydrogens (primary N) is 1. The quantitative estimate of drug-likeness (QED) is 0.310. The smallest absolute Gasteiger partial charge is 0.328 e. The van der Waals surface area contributed by atoms with E-state index in [0.717, 1.165) is 17.1 Å². The first kappa shape index (κ1) is 17.5. The molecule has 27 heavy (non-hydrogen) atoms. The first-order chi connectivity index (χ1) is 13.0. The van der Waals surface area contributed by atoms with E-state index in [0.29, 0.717) is 21.5 Å². The van der Waals surface area contributed by atoms with Crippen LogP contribution in [0.25, 0.3) is 11.2 Å². The molecular weight excluding hydrogens is 457 g/mol. The summed E-state index contributed by atoms with van der Waals surface area (Å²) < 4.78 is 2.01. The van der Waals surface area contributed by atoms with Crippen molar-refractivity contribution in [2.24, 2.45) is 0 Å². The molecule has 4 N–H and O–H groups in total. The van der Waals surface area contributed by atoms with Crippen LogP contribution in [0.1, 0.15) is 11.1 Å². The van der Waals surface area contributed by atoms with E-state index >= 15 is 0 Å². The number of nitrogens with one attached hydrogen (secondary N) is 2. The number of hydrogen-bond acceptors (Lipinski definition) is 6. The Morgan fingerprint density at radius 3 is 2.67 bits per heavy atom. The van der Waals surface area contributed by atoms with Gasteiger partial charge in [-0.3, -0.25) is 4.57 Å². The van der Waals surface area contributed by atoms with Gasteiger partial charge >= 0.3 is 5.69 Å². The molecule has 0 saturated carbocycles. The first-order valence-electron chi connectivity index (χ1n) is 8.20. The van der Waals surface area contributed by atoms with Gasteiger partial charge in [-0.05, 0) is 30.7 Å². The third-order valence-corrected chi connectivity index (χ3v) is 4.60. The second kappa shape index (κ2) is 6.99. The number of aryl methyl sites for hydroxylation is 1. The number of hydrogen-bond donors (Lipinski definition) is 3. The Morgan fingerprint density at radius 2 is 1.96 bits per heavy atom. The summed E-state index contributed by atoms with van der Waals surface area (Å²) in [5.41, 5.74) is 9.57. The largest absolute Gasteiger partial charge is 0.382 e. The molecule has 0 fully saturated rings. The maximum Gasteiger partial charge on any atom is 0.328 e. The van der Waals surface area contributed by atoms with Crippen molar-refractivity contribution in [3.05, 3.63) is 68.0 Å². The molecule has 136 valence electrons. The van der Waals surface area contributed by atoms with Crippen LogP contribution in [0.15, 0.2) is 47.4 Å². The van der Waals surface area contributed by atoms with Crippen molar-refractivity contribution < 1.29 is 0 Å². The van der Waals surface area contributed by atoms with Gasteiger partial charge in [0.15, 0.2) is 15.3 Å². The Bertz CT molecular complexity index is 1160. The molecule has 4 rings (SSSR count). The van der Waals surface area contributed by atoms with Crippen LogP contribution in [0.5, 0.6) is 0 Å². The van der Waals surface area contributed by atoms with Crippen LogP contribution in [0.2, 0.25) is 0 Å². The van der Waals surface area contributed by atoms with Crippen LogP contribution in [-0.4, -0.2) is 24.5 Å². The van der Waals surface area contributed by atoms with E-state index in [1.807, 2.05) is 65.9 Å². The maximum absolute atomic E-state index is 12.3. The van der Waals surface area contributed by atoms with Gasteiger partial charge in [0.05, 0.1) is 6.54 Å². The molecule has 0 aliphatic rings. The number of anilines is 3. The van der Waals surface area contributed by atoms with E-state index < -0.39 is 0 Å². The molecule has 9 heteroatoms. The standard InChI is InChI=1S/C18H16IN7O/c1-10-2-5-12(6-3-10)22-13-7-4-11(8-21-13)9-26-16-14(23-18(26)27)15(20)24-17(19)25-16/h2-8H,9H2,1H3,(H,21,22)(H,23,27)(H2,20,24,25). The summed E-state index contributed by atoms with van der Waals surface area (Å²) in [7, 11) is 0. The molecule has 0 aliphatic carbocycles. The van der Waals surface area contributed by atoms with Crippen LogP contribution in [0.4, 0.5) is 17.3 Å². The molecule has 0 aliphatic heterocycles. The van der Waals surface area contributed by atoms with Crippen LogP contribution in [-0.2, 0) is 6.54 Å². The van der Waals surface area contributed by atoms with Crippen LogP contribution in [0.3, 0.4) is 0 Å². The molecular formula is C18H16IN7O. The minimum Gasteiger partial charge on any atom is -0.382 e. The summed E-state index contributed by atoms with van der Waals surface area (Å²) in [5.74, 6) is 0.992. The molecule has 0 radical (unpaired) electrons. The number of pyridine rings is 1. The number of aromatic nitrogens is 5. The lowest BCUT2D eigenvalue weighted by Crippen LogP contribution is -2.18. The highest BCUT2D eigenvalue weighted by Crippen LogP contribution is 2.18. The fraction of sp³-hybridized carbons (Fsp3) is 0.111. The maximum atomic E-state index is 12.3. The van der Waals surface area contributed by atoms with Crippen molar-refractivity contribution in [3.8, 4) is 0 Å². The van der Waals surface area contributed by atoms with Crippen molar-refractivity contribution in [3.63, 3.8) is 0 Å². The lowest BCUT2D eigenvalue weighted by molar-refractivity contribution is 0.773. The van der Waals surface area contributed by atoms with E-state index in [2.05, 4.69) is 25.3 Å². The molecule has 0 amide bonds. The van der Waals surface area contributed by atoms with Gasteiger partial charge in [0, 0.05) is 34.5 Å². The summed E-state index contributed by atoms with van der Waals surface area (Å²) in [6.45, 7) is 2.38. The molecule has 0 unspecified atom stereocenters. The van der Waals surface area contributed by atoms with Crippen molar-refractivity contribution in [2.45, 2.75) is 13.5 Å². The summed E-state index contributed by atoms with van der Waals surface area (Å²) in [5, 5.41) is 3.25. The molecule has 3 aromatic heterocycles. The zero-order valence-corrected chi connectivity index (χ0v) is 16.6. The minimum atomic E-state index is -0.283. The van der Waals surface area contributed by atoms with Gasteiger partial charge in [-0.2, -0.15) is 0 Å². The van der Waals surface area contributed by atoms with Gasteiger partial charge in [0.25, 0.3) is 0 Å². The summed E-state index contributed by atoms with van der Waals surface area (Å²) in [6.07, 6.45) is 1.73. The summed E-state index contributed by atoms with van der Waals surface area (Å²) in [4.78, 5) is 27.8. The molecule has 8 nitrogen and oxygen atoms in total.